The van der Waals surface area contributed by atoms with E-state index in [1.807, 2.05) is 24.3 Å². The molecule has 0 bridgehead atoms. The van der Waals surface area contributed by atoms with Crippen molar-refractivity contribution in [3.63, 3.8) is 0 Å². The van der Waals surface area contributed by atoms with Crippen LogP contribution in [0.15, 0.2) is 48.5 Å². The molecule has 3 nitrogen and oxygen atoms in total. The number of carbonyl (C=O) groups excluding carboxylic acids is 1. The smallest absolute Gasteiger partial charge is 0.407 e. The Morgan fingerprint density at radius 2 is 1.64 bits per heavy atom. The summed E-state index contributed by atoms with van der Waals surface area (Å²) in [6.07, 6.45) is 0.483. The van der Waals surface area contributed by atoms with Crippen molar-refractivity contribution in [2.45, 2.75) is 12.3 Å². The molecule has 1 amide bonds. The van der Waals surface area contributed by atoms with Crippen LogP contribution in [0.25, 0.3) is 11.1 Å². The highest BCUT2D eigenvalue weighted by Crippen LogP contribution is 2.44. The summed E-state index contributed by atoms with van der Waals surface area (Å²) >= 11 is 4.12. The zero-order valence-electron chi connectivity index (χ0n) is 12.3. The van der Waals surface area contributed by atoms with Gasteiger partial charge in [0.15, 0.2) is 0 Å². The number of carbonyl (C=O) groups is 1. The molecule has 0 aromatic heterocycles. The lowest BCUT2D eigenvalue weighted by atomic mass is 9.98. The molecule has 0 heterocycles. The van der Waals surface area contributed by atoms with E-state index in [9.17, 15) is 4.79 Å². The van der Waals surface area contributed by atoms with Crippen LogP contribution in [0.5, 0.6) is 0 Å². The van der Waals surface area contributed by atoms with Crippen molar-refractivity contribution < 1.29 is 9.53 Å². The summed E-state index contributed by atoms with van der Waals surface area (Å²) in [4.78, 5) is 11.7. The molecule has 4 heteroatoms. The van der Waals surface area contributed by atoms with Crippen LogP contribution >= 0.6 is 12.6 Å². The second kappa shape index (κ2) is 6.88. The van der Waals surface area contributed by atoms with Crippen LogP contribution in [0.3, 0.4) is 0 Å². The fourth-order valence-electron chi connectivity index (χ4n) is 2.92. The van der Waals surface area contributed by atoms with Crippen molar-refractivity contribution in [3.05, 3.63) is 59.7 Å². The lowest BCUT2D eigenvalue weighted by molar-refractivity contribution is 0.143. The summed E-state index contributed by atoms with van der Waals surface area (Å²) in [7, 11) is 0. The molecule has 22 heavy (non-hydrogen) atoms. The summed E-state index contributed by atoms with van der Waals surface area (Å²) in [5, 5.41) is 2.75. The normalized spacial score (nSPS) is 12.6. The topological polar surface area (TPSA) is 38.3 Å². The Labute approximate surface area is 136 Å². The molecule has 114 valence electrons. The lowest BCUT2D eigenvalue weighted by Crippen LogP contribution is -2.27. The number of thiol groups is 1. The first kappa shape index (κ1) is 15.0. The van der Waals surface area contributed by atoms with Crippen LogP contribution in [-0.4, -0.2) is 25.0 Å². The van der Waals surface area contributed by atoms with Gasteiger partial charge in [-0.25, -0.2) is 4.79 Å². The van der Waals surface area contributed by atoms with Crippen molar-refractivity contribution in [1.82, 2.24) is 5.32 Å². The van der Waals surface area contributed by atoms with Gasteiger partial charge in [-0.1, -0.05) is 48.5 Å². The minimum atomic E-state index is -0.358. The van der Waals surface area contributed by atoms with Crippen LogP contribution in [0.4, 0.5) is 4.79 Å². The fraction of sp³-hybridized carbons (Fsp3) is 0.278. The van der Waals surface area contributed by atoms with Crippen LogP contribution in [0.2, 0.25) is 0 Å². The maximum Gasteiger partial charge on any atom is 0.407 e. The molecule has 0 saturated carbocycles. The average Bonchev–Trinajstić information content (AvgIpc) is 2.87. The molecular weight excluding hydrogens is 294 g/mol. The molecule has 0 aliphatic heterocycles. The molecule has 0 radical (unpaired) electrons. The molecule has 0 fully saturated rings. The van der Waals surface area contributed by atoms with Crippen LogP contribution in [0, 0.1) is 0 Å². The Kier molecular flexibility index (Phi) is 4.68. The van der Waals surface area contributed by atoms with E-state index in [1.54, 1.807) is 0 Å². The van der Waals surface area contributed by atoms with Crippen LogP contribution < -0.4 is 5.32 Å². The van der Waals surface area contributed by atoms with E-state index in [0.717, 1.165) is 12.2 Å². The molecule has 1 aliphatic carbocycles. The zero-order chi connectivity index (χ0) is 15.4. The first-order chi connectivity index (χ1) is 10.8. The van der Waals surface area contributed by atoms with E-state index in [2.05, 4.69) is 42.2 Å². The summed E-state index contributed by atoms with van der Waals surface area (Å²) in [5.41, 5.74) is 4.93. The minimum absolute atomic E-state index is 0.114. The summed E-state index contributed by atoms with van der Waals surface area (Å²) in [6.45, 7) is 0.959. The largest absolute Gasteiger partial charge is 0.449 e. The number of alkyl carbamates (subject to hydrolysis) is 1. The molecule has 1 N–H and O–H groups in total. The van der Waals surface area contributed by atoms with E-state index in [1.165, 1.54) is 22.3 Å². The first-order valence-electron chi connectivity index (χ1n) is 7.51. The van der Waals surface area contributed by atoms with Gasteiger partial charge in [0.25, 0.3) is 0 Å². The van der Waals surface area contributed by atoms with E-state index >= 15 is 0 Å². The predicted octanol–water partition coefficient (Wildman–Crippen LogP) is 3.85. The molecular formula is C18H19NO2S. The Bertz CT molecular complexity index is 626. The lowest BCUT2D eigenvalue weighted by Gasteiger charge is -2.14. The van der Waals surface area contributed by atoms with Crippen LogP contribution in [0.1, 0.15) is 23.5 Å². The Balaban J connectivity index is 1.73. The Morgan fingerprint density at radius 1 is 1.05 bits per heavy atom. The van der Waals surface area contributed by atoms with Gasteiger partial charge in [0.05, 0.1) is 0 Å². The van der Waals surface area contributed by atoms with E-state index in [0.29, 0.717) is 13.2 Å². The number of nitrogens with one attached hydrogen (secondary N) is 1. The standard InChI is InChI=1S/C18H19NO2S/c20-18(19-10-5-11-22)21-12-17-15-8-3-1-6-13(15)14-7-2-4-9-16(14)17/h1-4,6-9,17,22H,5,10-12H2,(H,19,20). The number of ether oxygens (including phenoxy) is 1. The fourth-order valence-corrected chi connectivity index (χ4v) is 3.08. The third-order valence-electron chi connectivity index (χ3n) is 3.95. The predicted molar refractivity (Wildman–Crippen MR) is 91.5 cm³/mol. The Hall–Kier alpha value is -1.94. The van der Waals surface area contributed by atoms with Crippen molar-refractivity contribution in [3.8, 4) is 11.1 Å². The van der Waals surface area contributed by atoms with Gasteiger partial charge in [0.2, 0.25) is 0 Å². The zero-order valence-corrected chi connectivity index (χ0v) is 13.2. The SMILES string of the molecule is O=C(NCCCS)OCC1c2ccccc2-c2ccccc21. The molecule has 2 aromatic rings. The number of amides is 1. The van der Waals surface area contributed by atoms with Gasteiger partial charge in [-0.2, -0.15) is 12.6 Å². The van der Waals surface area contributed by atoms with Gasteiger partial charge in [-0.05, 0) is 34.4 Å². The van der Waals surface area contributed by atoms with E-state index in [4.69, 9.17) is 4.74 Å². The highest BCUT2D eigenvalue weighted by molar-refractivity contribution is 7.80. The van der Waals surface area contributed by atoms with Gasteiger partial charge in [0.1, 0.15) is 6.61 Å². The monoisotopic (exact) mass is 313 g/mol. The van der Waals surface area contributed by atoms with Gasteiger partial charge < -0.3 is 10.1 Å². The van der Waals surface area contributed by atoms with Gasteiger partial charge >= 0.3 is 6.09 Å². The second-order valence-electron chi connectivity index (χ2n) is 5.33. The highest BCUT2D eigenvalue weighted by atomic mass is 32.1. The van der Waals surface area contributed by atoms with Crippen molar-refractivity contribution in [2.24, 2.45) is 0 Å². The minimum Gasteiger partial charge on any atom is -0.449 e. The molecule has 0 saturated heterocycles. The molecule has 3 rings (SSSR count). The molecule has 0 spiro atoms. The molecule has 2 aromatic carbocycles. The van der Waals surface area contributed by atoms with Gasteiger partial charge in [0, 0.05) is 12.5 Å². The maximum atomic E-state index is 11.7. The van der Waals surface area contributed by atoms with E-state index in [-0.39, 0.29) is 12.0 Å². The third-order valence-corrected chi connectivity index (χ3v) is 4.26. The van der Waals surface area contributed by atoms with E-state index < -0.39 is 0 Å². The first-order valence-corrected chi connectivity index (χ1v) is 8.14. The molecule has 0 unspecified atom stereocenters. The highest BCUT2D eigenvalue weighted by Gasteiger charge is 2.28. The molecule has 1 aliphatic rings. The number of benzene rings is 2. The Morgan fingerprint density at radius 3 is 2.23 bits per heavy atom. The molecule has 0 atom stereocenters. The number of rotatable bonds is 5. The maximum absolute atomic E-state index is 11.7. The second-order valence-corrected chi connectivity index (χ2v) is 5.78. The van der Waals surface area contributed by atoms with Crippen molar-refractivity contribution in [2.75, 3.05) is 18.9 Å². The van der Waals surface area contributed by atoms with Crippen LogP contribution in [-0.2, 0) is 4.74 Å². The van der Waals surface area contributed by atoms with Gasteiger partial charge in [-0.3, -0.25) is 0 Å². The average molecular weight is 313 g/mol. The summed E-state index contributed by atoms with van der Waals surface area (Å²) < 4.78 is 5.41. The number of fused-ring (bicyclic) bond motifs is 3. The third kappa shape index (κ3) is 2.97. The van der Waals surface area contributed by atoms with Crippen molar-refractivity contribution in [1.29, 1.82) is 0 Å². The van der Waals surface area contributed by atoms with Crippen molar-refractivity contribution >= 4 is 18.7 Å². The summed E-state index contributed by atoms with van der Waals surface area (Å²) in [6, 6.07) is 16.6. The quantitative estimate of drug-likeness (QED) is 0.650. The number of hydrogen-bond donors (Lipinski definition) is 2. The summed E-state index contributed by atoms with van der Waals surface area (Å²) in [5.74, 6) is 0.868. The van der Waals surface area contributed by atoms with Gasteiger partial charge in [-0.15, -0.1) is 0 Å². The number of hydrogen-bond acceptors (Lipinski definition) is 3.